The van der Waals surface area contributed by atoms with E-state index < -0.39 is 0 Å². The normalized spacial score (nSPS) is 17.7. The number of halogens is 1. The van der Waals surface area contributed by atoms with E-state index in [-0.39, 0.29) is 17.6 Å². The molecule has 4 rings (SSSR count). The van der Waals surface area contributed by atoms with E-state index in [1.807, 2.05) is 24.3 Å². The van der Waals surface area contributed by atoms with Crippen molar-refractivity contribution in [2.75, 3.05) is 41.3 Å². The van der Waals surface area contributed by atoms with Crippen LogP contribution < -0.4 is 15.1 Å². The third kappa shape index (κ3) is 3.52. The van der Waals surface area contributed by atoms with E-state index in [4.69, 9.17) is 0 Å². The quantitative estimate of drug-likeness (QED) is 0.906. The highest BCUT2D eigenvalue weighted by molar-refractivity contribution is 5.93. The van der Waals surface area contributed by atoms with Gasteiger partial charge in [-0.15, -0.1) is 0 Å². The van der Waals surface area contributed by atoms with Gasteiger partial charge in [0.15, 0.2) is 0 Å². The zero-order chi connectivity index (χ0) is 17.9. The number of anilines is 3. The molecular formula is C21H24FN3O. The number of carbonyl (C=O) groups excluding carboxylic acids is 1. The maximum Gasteiger partial charge on any atom is 0.227 e. The van der Waals surface area contributed by atoms with Gasteiger partial charge < -0.3 is 15.1 Å². The first kappa shape index (κ1) is 16.9. The van der Waals surface area contributed by atoms with Gasteiger partial charge in [0.25, 0.3) is 0 Å². The summed E-state index contributed by atoms with van der Waals surface area (Å²) >= 11 is 0. The number of rotatable bonds is 4. The van der Waals surface area contributed by atoms with Crippen LogP contribution in [0.25, 0.3) is 0 Å². The molecule has 1 heterocycles. The smallest absolute Gasteiger partial charge is 0.227 e. The molecule has 2 aliphatic rings. The fourth-order valence-corrected chi connectivity index (χ4v) is 3.58. The maximum atomic E-state index is 13.9. The lowest BCUT2D eigenvalue weighted by atomic mass is 9.85. The minimum atomic E-state index is -0.160. The molecule has 0 atom stereocenters. The lowest BCUT2D eigenvalue weighted by Gasteiger charge is -2.37. The van der Waals surface area contributed by atoms with Crippen molar-refractivity contribution >= 4 is 23.0 Å². The zero-order valence-corrected chi connectivity index (χ0v) is 14.8. The summed E-state index contributed by atoms with van der Waals surface area (Å²) in [6, 6.07) is 15.0. The number of piperazine rings is 1. The minimum Gasteiger partial charge on any atom is -0.368 e. The van der Waals surface area contributed by atoms with Crippen molar-refractivity contribution in [2.45, 2.75) is 19.3 Å². The first-order valence-corrected chi connectivity index (χ1v) is 9.36. The first-order valence-electron chi connectivity index (χ1n) is 9.36. The Morgan fingerprint density at radius 2 is 1.58 bits per heavy atom. The second-order valence-electron chi connectivity index (χ2n) is 7.09. The SMILES string of the molecule is O=C(Nc1ccc(N2CCN(c3ccccc3F)CC2)cc1)C1CCC1. The molecule has 0 spiro atoms. The highest BCUT2D eigenvalue weighted by atomic mass is 19.1. The van der Waals surface area contributed by atoms with Gasteiger partial charge in [-0.05, 0) is 49.2 Å². The number of benzene rings is 2. The van der Waals surface area contributed by atoms with Gasteiger partial charge in [0, 0.05) is 43.5 Å². The first-order chi connectivity index (χ1) is 12.7. The summed E-state index contributed by atoms with van der Waals surface area (Å²) in [6.45, 7) is 3.28. The van der Waals surface area contributed by atoms with Crippen molar-refractivity contribution in [3.8, 4) is 0 Å². The Hall–Kier alpha value is -2.56. The van der Waals surface area contributed by atoms with Crippen LogP contribution in [-0.4, -0.2) is 32.1 Å². The summed E-state index contributed by atoms with van der Waals surface area (Å²) in [5.74, 6) is 0.177. The van der Waals surface area contributed by atoms with Crippen LogP contribution >= 0.6 is 0 Å². The minimum absolute atomic E-state index is 0.141. The Balaban J connectivity index is 1.34. The Labute approximate surface area is 153 Å². The summed E-state index contributed by atoms with van der Waals surface area (Å²) in [4.78, 5) is 16.4. The van der Waals surface area contributed by atoms with Crippen LogP contribution in [0.3, 0.4) is 0 Å². The van der Waals surface area contributed by atoms with Crippen molar-refractivity contribution in [1.82, 2.24) is 0 Å². The lowest BCUT2D eigenvalue weighted by Crippen LogP contribution is -2.46. The summed E-state index contributed by atoms with van der Waals surface area (Å²) in [6.07, 6.45) is 3.18. The van der Waals surface area contributed by atoms with Gasteiger partial charge in [-0.2, -0.15) is 0 Å². The second-order valence-corrected chi connectivity index (χ2v) is 7.09. The van der Waals surface area contributed by atoms with Gasteiger partial charge in [0.05, 0.1) is 5.69 Å². The van der Waals surface area contributed by atoms with Crippen molar-refractivity contribution in [3.63, 3.8) is 0 Å². The van der Waals surface area contributed by atoms with Crippen LogP contribution in [0.15, 0.2) is 48.5 Å². The summed E-state index contributed by atoms with van der Waals surface area (Å²) in [5.41, 5.74) is 2.68. The fraction of sp³-hybridized carbons (Fsp3) is 0.381. The van der Waals surface area contributed by atoms with Crippen LogP contribution in [-0.2, 0) is 4.79 Å². The van der Waals surface area contributed by atoms with Gasteiger partial charge in [-0.25, -0.2) is 4.39 Å². The zero-order valence-electron chi connectivity index (χ0n) is 14.8. The summed E-state index contributed by atoms with van der Waals surface area (Å²) < 4.78 is 13.9. The largest absolute Gasteiger partial charge is 0.368 e. The van der Waals surface area contributed by atoms with E-state index in [0.29, 0.717) is 5.69 Å². The van der Waals surface area contributed by atoms with Gasteiger partial charge in [0.1, 0.15) is 5.82 Å². The van der Waals surface area contributed by atoms with E-state index in [0.717, 1.165) is 56.8 Å². The van der Waals surface area contributed by atoms with E-state index in [2.05, 4.69) is 27.2 Å². The Bertz CT molecular complexity index is 765. The van der Waals surface area contributed by atoms with Crippen LogP contribution in [0.4, 0.5) is 21.5 Å². The van der Waals surface area contributed by atoms with Crippen molar-refractivity contribution in [2.24, 2.45) is 5.92 Å². The number of carbonyl (C=O) groups is 1. The second kappa shape index (κ2) is 7.36. The molecule has 0 bridgehead atoms. The van der Waals surface area contributed by atoms with Crippen molar-refractivity contribution < 1.29 is 9.18 Å². The molecule has 4 nitrogen and oxygen atoms in total. The molecule has 1 N–H and O–H groups in total. The molecule has 2 aromatic carbocycles. The van der Waals surface area contributed by atoms with Gasteiger partial charge in [-0.1, -0.05) is 18.6 Å². The van der Waals surface area contributed by atoms with Crippen LogP contribution in [0.5, 0.6) is 0 Å². The predicted octanol–water partition coefficient (Wildman–Crippen LogP) is 3.89. The Kier molecular flexibility index (Phi) is 4.78. The number of hydrogen-bond acceptors (Lipinski definition) is 3. The molecule has 1 amide bonds. The predicted molar refractivity (Wildman–Crippen MR) is 103 cm³/mol. The van der Waals surface area contributed by atoms with E-state index in [1.165, 1.54) is 6.07 Å². The molecule has 1 saturated carbocycles. The van der Waals surface area contributed by atoms with Crippen LogP contribution in [0.2, 0.25) is 0 Å². The third-order valence-corrected chi connectivity index (χ3v) is 5.45. The molecule has 5 heteroatoms. The van der Waals surface area contributed by atoms with Gasteiger partial charge >= 0.3 is 0 Å². The number of nitrogens with one attached hydrogen (secondary N) is 1. The molecule has 136 valence electrons. The summed E-state index contributed by atoms with van der Waals surface area (Å²) in [5, 5.41) is 3.00. The topological polar surface area (TPSA) is 35.6 Å². The van der Waals surface area contributed by atoms with Crippen LogP contribution in [0.1, 0.15) is 19.3 Å². The monoisotopic (exact) mass is 353 g/mol. The van der Waals surface area contributed by atoms with E-state index in [9.17, 15) is 9.18 Å². The van der Waals surface area contributed by atoms with Gasteiger partial charge in [0.2, 0.25) is 5.91 Å². The molecule has 26 heavy (non-hydrogen) atoms. The maximum absolute atomic E-state index is 13.9. The molecule has 2 aromatic rings. The van der Waals surface area contributed by atoms with Crippen molar-refractivity contribution in [3.05, 3.63) is 54.3 Å². The fourth-order valence-electron chi connectivity index (χ4n) is 3.58. The number of hydrogen-bond donors (Lipinski definition) is 1. The Morgan fingerprint density at radius 3 is 2.19 bits per heavy atom. The number of nitrogens with zero attached hydrogens (tertiary/aromatic N) is 2. The molecule has 1 aliphatic carbocycles. The summed E-state index contributed by atoms with van der Waals surface area (Å²) in [7, 11) is 0. The molecular weight excluding hydrogens is 329 g/mol. The number of para-hydroxylation sites is 1. The highest BCUT2D eigenvalue weighted by Gasteiger charge is 2.25. The average molecular weight is 353 g/mol. The Morgan fingerprint density at radius 1 is 0.923 bits per heavy atom. The number of amides is 1. The molecule has 0 unspecified atom stereocenters. The molecule has 2 fully saturated rings. The highest BCUT2D eigenvalue weighted by Crippen LogP contribution is 2.28. The van der Waals surface area contributed by atoms with Gasteiger partial charge in [-0.3, -0.25) is 4.79 Å². The van der Waals surface area contributed by atoms with E-state index in [1.54, 1.807) is 6.07 Å². The molecule has 0 radical (unpaired) electrons. The standard InChI is InChI=1S/C21H24FN3O/c22-19-6-1-2-7-20(19)25-14-12-24(13-15-25)18-10-8-17(9-11-18)23-21(26)16-4-3-5-16/h1-2,6-11,16H,3-5,12-15H2,(H,23,26). The molecule has 1 saturated heterocycles. The lowest BCUT2D eigenvalue weighted by molar-refractivity contribution is -0.122. The molecule has 0 aromatic heterocycles. The molecule has 1 aliphatic heterocycles. The van der Waals surface area contributed by atoms with Crippen molar-refractivity contribution in [1.29, 1.82) is 0 Å². The van der Waals surface area contributed by atoms with Crippen LogP contribution in [0, 0.1) is 11.7 Å². The average Bonchev–Trinajstić information content (AvgIpc) is 2.61. The third-order valence-electron chi connectivity index (χ3n) is 5.45. The van der Waals surface area contributed by atoms with E-state index >= 15 is 0 Å².